The summed E-state index contributed by atoms with van der Waals surface area (Å²) in [5.74, 6) is 0.215. The Hall–Kier alpha value is -2.18. The molecule has 7 heteroatoms. The van der Waals surface area contributed by atoms with E-state index in [1.165, 1.54) is 12.4 Å². The molecule has 0 aliphatic heterocycles. The smallest absolute Gasteiger partial charge is 0.254 e. The summed E-state index contributed by atoms with van der Waals surface area (Å²) in [6.45, 7) is 1.16. The van der Waals surface area contributed by atoms with Gasteiger partial charge in [0.25, 0.3) is 5.91 Å². The van der Waals surface area contributed by atoms with Gasteiger partial charge in [-0.25, -0.2) is 9.97 Å². The van der Waals surface area contributed by atoms with E-state index in [2.05, 4.69) is 20.6 Å². The van der Waals surface area contributed by atoms with Gasteiger partial charge in [-0.3, -0.25) is 4.79 Å². The van der Waals surface area contributed by atoms with Crippen LogP contribution in [0.15, 0.2) is 36.7 Å². The Kier molecular flexibility index (Phi) is 6.12. The highest BCUT2D eigenvalue weighted by molar-refractivity contribution is 6.30. The molecule has 2 aromatic rings. The Bertz CT molecular complexity index is 602. The fourth-order valence-corrected chi connectivity index (χ4v) is 1.82. The molecule has 0 fully saturated rings. The Morgan fingerprint density at radius 2 is 1.91 bits per heavy atom. The third-order valence-corrected chi connectivity index (χ3v) is 3.08. The first-order valence-corrected chi connectivity index (χ1v) is 7.18. The number of anilines is 2. The molecule has 0 saturated carbocycles. The Labute approximate surface area is 133 Å². The Balaban J connectivity index is 1.89. The number of amides is 1. The lowest BCUT2D eigenvalue weighted by Gasteiger charge is -2.06. The molecule has 22 heavy (non-hydrogen) atoms. The van der Waals surface area contributed by atoms with E-state index < -0.39 is 0 Å². The van der Waals surface area contributed by atoms with Crippen LogP contribution in [0, 0.1) is 0 Å². The molecule has 0 saturated heterocycles. The lowest BCUT2D eigenvalue weighted by molar-refractivity contribution is 0.0948. The van der Waals surface area contributed by atoms with Crippen molar-refractivity contribution in [2.45, 2.75) is 6.42 Å². The van der Waals surface area contributed by atoms with Crippen LogP contribution in [0.1, 0.15) is 16.8 Å². The number of nitrogens with zero attached hydrogens (tertiary/aromatic N) is 2. The summed E-state index contributed by atoms with van der Waals surface area (Å²) in [7, 11) is 1.63. The molecule has 1 aromatic carbocycles. The second-order valence-corrected chi connectivity index (χ2v) is 4.97. The van der Waals surface area contributed by atoms with Crippen LogP contribution in [0.25, 0.3) is 0 Å². The highest BCUT2D eigenvalue weighted by Gasteiger charge is 2.06. The van der Waals surface area contributed by atoms with Gasteiger partial charge in [0.05, 0.1) is 5.56 Å². The molecule has 1 aromatic heterocycles. The monoisotopic (exact) mass is 320 g/mol. The van der Waals surface area contributed by atoms with Crippen molar-refractivity contribution in [2.75, 3.05) is 25.6 Å². The molecule has 0 radical (unpaired) electrons. The molecular weight excluding hydrogens is 304 g/mol. The average molecular weight is 321 g/mol. The van der Waals surface area contributed by atoms with Gasteiger partial charge in [0.15, 0.2) is 0 Å². The van der Waals surface area contributed by atoms with Crippen LogP contribution in [0.5, 0.6) is 0 Å². The van der Waals surface area contributed by atoms with Crippen LogP contribution in [0.2, 0.25) is 5.02 Å². The summed E-state index contributed by atoms with van der Waals surface area (Å²) in [4.78, 5) is 20.1. The van der Waals surface area contributed by atoms with Crippen molar-refractivity contribution in [3.05, 3.63) is 47.2 Å². The third-order valence-electron chi connectivity index (χ3n) is 2.83. The first-order chi connectivity index (χ1) is 10.7. The minimum atomic E-state index is -0.200. The SMILES string of the molecule is COCCCNC(=O)c1cnc(Nc2ccc(Cl)cc2)nc1. The largest absolute Gasteiger partial charge is 0.385 e. The molecule has 0 atom stereocenters. The molecule has 0 spiro atoms. The number of aromatic nitrogens is 2. The van der Waals surface area contributed by atoms with Gasteiger partial charge in [-0.2, -0.15) is 0 Å². The van der Waals surface area contributed by atoms with Crippen LogP contribution in [0.3, 0.4) is 0 Å². The van der Waals surface area contributed by atoms with E-state index in [4.69, 9.17) is 16.3 Å². The lowest BCUT2D eigenvalue weighted by atomic mass is 10.3. The predicted molar refractivity (Wildman–Crippen MR) is 85.6 cm³/mol. The van der Waals surface area contributed by atoms with Crippen LogP contribution >= 0.6 is 11.6 Å². The fraction of sp³-hybridized carbons (Fsp3) is 0.267. The molecule has 2 N–H and O–H groups in total. The van der Waals surface area contributed by atoms with Crippen molar-refractivity contribution < 1.29 is 9.53 Å². The number of carbonyl (C=O) groups excluding carboxylic acids is 1. The normalized spacial score (nSPS) is 10.3. The summed E-state index contributed by atoms with van der Waals surface area (Å²) in [6, 6.07) is 7.18. The quantitative estimate of drug-likeness (QED) is 0.767. The fourth-order valence-electron chi connectivity index (χ4n) is 1.69. The van der Waals surface area contributed by atoms with Crippen LogP contribution < -0.4 is 10.6 Å². The number of methoxy groups -OCH3 is 1. The van der Waals surface area contributed by atoms with Gasteiger partial charge < -0.3 is 15.4 Å². The zero-order valence-electron chi connectivity index (χ0n) is 12.2. The van der Waals surface area contributed by atoms with Crippen molar-refractivity contribution in [3.63, 3.8) is 0 Å². The second-order valence-electron chi connectivity index (χ2n) is 4.53. The first kappa shape index (κ1) is 16.2. The van der Waals surface area contributed by atoms with Gasteiger partial charge in [-0.05, 0) is 30.7 Å². The minimum Gasteiger partial charge on any atom is -0.385 e. The summed E-state index contributed by atoms with van der Waals surface area (Å²) >= 11 is 5.82. The standard InChI is InChI=1S/C15H17ClN4O2/c1-22-8-2-7-17-14(21)11-9-18-15(19-10-11)20-13-5-3-12(16)4-6-13/h3-6,9-10H,2,7-8H2,1H3,(H,17,21)(H,18,19,20). The van der Waals surface area contributed by atoms with Gasteiger partial charge in [0.2, 0.25) is 5.95 Å². The summed E-state index contributed by atoms with van der Waals surface area (Å²) < 4.78 is 4.92. The average Bonchev–Trinajstić information content (AvgIpc) is 2.54. The van der Waals surface area contributed by atoms with Gasteiger partial charge in [-0.15, -0.1) is 0 Å². The minimum absolute atomic E-state index is 0.200. The van der Waals surface area contributed by atoms with E-state index in [0.717, 1.165) is 12.1 Å². The number of ether oxygens (including phenoxy) is 1. The molecule has 6 nitrogen and oxygen atoms in total. The zero-order valence-corrected chi connectivity index (χ0v) is 12.9. The van der Waals surface area contributed by atoms with Gasteiger partial charge >= 0.3 is 0 Å². The molecule has 0 bridgehead atoms. The Morgan fingerprint density at radius 3 is 2.55 bits per heavy atom. The van der Waals surface area contributed by atoms with E-state index in [-0.39, 0.29) is 5.91 Å². The summed E-state index contributed by atoms with van der Waals surface area (Å²) in [6.07, 6.45) is 3.73. The van der Waals surface area contributed by atoms with Gasteiger partial charge in [0.1, 0.15) is 0 Å². The molecule has 2 rings (SSSR count). The van der Waals surface area contributed by atoms with E-state index in [1.807, 2.05) is 12.1 Å². The van der Waals surface area contributed by atoms with E-state index in [1.54, 1.807) is 19.2 Å². The van der Waals surface area contributed by atoms with Crippen LogP contribution in [-0.2, 0) is 4.74 Å². The molecular formula is C15H17ClN4O2. The maximum absolute atomic E-state index is 11.8. The van der Waals surface area contributed by atoms with E-state index in [9.17, 15) is 4.79 Å². The van der Waals surface area contributed by atoms with Crippen LogP contribution in [0.4, 0.5) is 11.6 Å². The van der Waals surface area contributed by atoms with Crippen LogP contribution in [-0.4, -0.2) is 36.1 Å². The van der Waals surface area contributed by atoms with Crippen molar-refractivity contribution in [1.29, 1.82) is 0 Å². The summed E-state index contributed by atoms with van der Waals surface area (Å²) in [5, 5.41) is 6.46. The zero-order chi connectivity index (χ0) is 15.8. The number of hydrogen-bond acceptors (Lipinski definition) is 5. The number of carbonyl (C=O) groups is 1. The molecule has 0 aliphatic rings. The van der Waals surface area contributed by atoms with Crippen molar-refractivity contribution >= 4 is 29.1 Å². The number of benzene rings is 1. The second kappa shape index (κ2) is 8.31. The van der Waals surface area contributed by atoms with Crippen molar-refractivity contribution in [2.24, 2.45) is 0 Å². The number of hydrogen-bond donors (Lipinski definition) is 2. The highest BCUT2D eigenvalue weighted by Crippen LogP contribution is 2.16. The van der Waals surface area contributed by atoms with Gasteiger partial charge in [-0.1, -0.05) is 11.6 Å². The molecule has 0 aliphatic carbocycles. The van der Waals surface area contributed by atoms with E-state index in [0.29, 0.717) is 29.7 Å². The summed E-state index contributed by atoms with van der Waals surface area (Å²) in [5.41, 5.74) is 1.24. The lowest BCUT2D eigenvalue weighted by Crippen LogP contribution is -2.25. The topological polar surface area (TPSA) is 76.1 Å². The number of nitrogens with one attached hydrogen (secondary N) is 2. The predicted octanol–water partition coefficient (Wildman–Crippen LogP) is 2.64. The van der Waals surface area contributed by atoms with E-state index >= 15 is 0 Å². The maximum Gasteiger partial charge on any atom is 0.254 e. The number of rotatable bonds is 7. The molecule has 116 valence electrons. The highest BCUT2D eigenvalue weighted by atomic mass is 35.5. The molecule has 1 heterocycles. The van der Waals surface area contributed by atoms with Gasteiger partial charge in [0, 0.05) is 43.4 Å². The van der Waals surface area contributed by atoms with Crippen molar-refractivity contribution in [1.82, 2.24) is 15.3 Å². The molecule has 1 amide bonds. The first-order valence-electron chi connectivity index (χ1n) is 6.81. The Morgan fingerprint density at radius 1 is 1.23 bits per heavy atom. The third kappa shape index (κ3) is 4.98. The maximum atomic E-state index is 11.8. The molecule has 0 unspecified atom stereocenters. The number of halogens is 1. The van der Waals surface area contributed by atoms with Crippen molar-refractivity contribution in [3.8, 4) is 0 Å².